The maximum absolute atomic E-state index is 11.9. The van der Waals surface area contributed by atoms with Crippen LogP contribution in [-0.2, 0) is 0 Å². The second kappa shape index (κ2) is 5.70. The van der Waals surface area contributed by atoms with Crippen molar-refractivity contribution in [3.05, 3.63) is 29.8 Å². The first-order valence-corrected chi connectivity index (χ1v) is 5.73. The SMILES string of the molecule is OC(CBr)C(O)c1ccc(OC(F)(F)F)cc1. The van der Waals surface area contributed by atoms with Crippen LogP contribution in [0.5, 0.6) is 5.75 Å². The van der Waals surface area contributed by atoms with Crippen LogP contribution in [0.1, 0.15) is 11.7 Å². The zero-order valence-electron chi connectivity index (χ0n) is 8.49. The molecule has 2 atom stereocenters. The second-order valence-corrected chi connectivity index (χ2v) is 3.93. The van der Waals surface area contributed by atoms with Crippen molar-refractivity contribution < 1.29 is 28.1 Å². The van der Waals surface area contributed by atoms with Gasteiger partial charge in [0, 0.05) is 5.33 Å². The summed E-state index contributed by atoms with van der Waals surface area (Å²) in [6, 6.07) is 4.68. The predicted octanol–water partition coefficient (Wildman–Crippen LogP) is 2.37. The summed E-state index contributed by atoms with van der Waals surface area (Å²) in [6.45, 7) is 0. The van der Waals surface area contributed by atoms with Crippen LogP contribution in [0.15, 0.2) is 24.3 Å². The molecule has 0 saturated carbocycles. The second-order valence-electron chi connectivity index (χ2n) is 3.28. The van der Waals surface area contributed by atoms with Gasteiger partial charge in [0.2, 0.25) is 0 Å². The fourth-order valence-corrected chi connectivity index (χ4v) is 1.53. The highest BCUT2D eigenvalue weighted by atomic mass is 79.9. The lowest BCUT2D eigenvalue weighted by molar-refractivity contribution is -0.274. The molecule has 1 aromatic rings. The molecule has 3 nitrogen and oxygen atoms in total. The molecule has 0 aliphatic heterocycles. The number of hydrogen-bond acceptors (Lipinski definition) is 3. The van der Waals surface area contributed by atoms with E-state index in [0.29, 0.717) is 5.56 Å². The molecule has 2 N–H and O–H groups in total. The van der Waals surface area contributed by atoms with Crippen molar-refractivity contribution in [1.82, 2.24) is 0 Å². The Kier molecular flexibility index (Phi) is 4.79. The summed E-state index contributed by atoms with van der Waals surface area (Å²) < 4.78 is 39.3. The Bertz CT molecular complexity index is 353. The highest BCUT2D eigenvalue weighted by molar-refractivity contribution is 9.09. The molecule has 0 radical (unpaired) electrons. The standard InChI is InChI=1S/C10H10BrF3O3/c11-5-8(15)9(16)6-1-3-7(4-2-6)17-10(12,13)14/h1-4,8-9,15-16H,5H2. The van der Waals surface area contributed by atoms with E-state index in [9.17, 15) is 23.4 Å². The van der Waals surface area contributed by atoms with E-state index in [1.54, 1.807) is 0 Å². The first kappa shape index (κ1) is 14.3. The van der Waals surface area contributed by atoms with Crippen molar-refractivity contribution in [3.8, 4) is 5.75 Å². The molecule has 7 heteroatoms. The lowest BCUT2D eigenvalue weighted by Gasteiger charge is -2.16. The van der Waals surface area contributed by atoms with E-state index >= 15 is 0 Å². The molecule has 1 rings (SSSR count). The molecule has 0 fully saturated rings. The molecule has 0 heterocycles. The molecule has 0 aliphatic rings. The molecule has 17 heavy (non-hydrogen) atoms. The average molecular weight is 315 g/mol. The van der Waals surface area contributed by atoms with Crippen molar-refractivity contribution in [3.63, 3.8) is 0 Å². The third-order valence-electron chi connectivity index (χ3n) is 1.98. The summed E-state index contributed by atoms with van der Waals surface area (Å²) in [7, 11) is 0. The highest BCUT2D eigenvalue weighted by Gasteiger charge is 2.31. The smallest absolute Gasteiger partial charge is 0.406 e. The van der Waals surface area contributed by atoms with Gasteiger partial charge in [-0.1, -0.05) is 28.1 Å². The van der Waals surface area contributed by atoms with Gasteiger partial charge in [0.15, 0.2) is 0 Å². The Hall–Kier alpha value is -0.790. The molecular formula is C10H10BrF3O3. The fourth-order valence-electron chi connectivity index (χ4n) is 1.17. The van der Waals surface area contributed by atoms with E-state index in [-0.39, 0.29) is 11.1 Å². The van der Waals surface area contributed by atoms with Crippen LogP contribution in [0.3, 0.4) is 0 Å². The fraction of sp³-hybridized carbons (Fsp3) is 0.400. The lowest BCUT2D eigenvalue weighted by Crippen LogP contribution is -2.20. The van der Waals surface area contributed by atoms with Gasteiger partial charge in [-0.05, 0) is 17.7 Å². The Morgan fingerprint density at radius 3 is 2.12 bits per heavy atom. The zero-order valence-corrected chi connectivity index (χ0v) is 10.1. The Balaban J connectivity index is 2.74. The van der Waals surface area contributed by atoms with E-state index in [1.807, 2.05) is 0 Å². The van der Waals surface area contributed by atoms with E-state index in [4.69, 9.17) is 0 Å². The van der Waals surface area contributed by atoms with E-state index in [0.717, 1.165) is 12.1 Å². The topological polar surface area (TPSA) is 49.7 Å². The summed E-state index contributed by atoms with van der Waals surface area (Å²) in [6.07, 6.45) is -6.92. The summed E-state index contributed by atoms with van der Waals surface area (Å²) >= 11 is 2.98. The number of benzene rings is 1. The first-order valence-electron chi connectivity index (χ1n) is 4.61. The highest BCUT2D eigenvalue weighted by Crippen LogP contribution is 2.25. The van der Waals surface area contributed by atoms with Gasteiger partial charge < -0.3 is 14.9 Å². The minimum atomic E-state index is -4.74. The third-order valence-corrected chi connectivity index (χ3v) is 2.64. The predicted molar refractivity (Wildman–Crippen MR) is 57.9 cm³/mol. The lowest BCUT2D eigenvalue weighted by atomic mass is 10.1. The van der Waals surface area contributed by atoms with Gasteiger partial charge in [0.25, 0.3) is 0 Å². The Morgan fingerprint density at radius 2 is 1.71 bits per heavy atom. The number of ether oxygens (including phenoxy) is 1. The number of alkyl halides is 4. The van der Waals surface area contributed by atoms with E-state index in [1.165, 1.54) is 12.1 Å². The number of aliphatic hydroxyl groups is 2. The minimum absolute atomic E-state index is 0.162. The van der Waals surface area contributed by atoms with Crippen molar-refractivity contribution >= 4 is 15.9 Å². The van der Waals surface area contributed by atoms with Crippen LogP contribution in [0, 0.1) is 0 Å². The molecule has 1 aromatic carbocycles. The maximum Gasteiger partial charge on any atom is 0.573 e. The molecular weight excluding hydrogens is 305 g/mol. The largest absolute Gasteiger partial charge is 0.573 e. The summed E-state index contributed by atoms with van der Waals surface area (Å²) in [5, 5.41) is 19.1. The van der Waals surface area contributed by atoms with Crippen molar-refractivity contribution in [2.75, 3.05) is 5.33 Å². The number of aliphatic hydroxyl groups excluding tert-OH is 2. The molecule has 0 aliphatic carbocycles. The number of halogens is 4. The molecule has 2 unspecified atom stereocenters. The third kappa shape index (κ3) is 4.53. The van der Waals surface area contributed by atoms with Gasteiger partial charge in [-0.3, -0.25) is 0 Å². The molecule has 0 aromatic heterocycles. The quantitative estimate of drug-likeness (QED) is 0.839. The van der Waals surface area contributed by atoms with Gasteiger partial charge >= 0.3 is 6.36 Å². The Morgan fingerprint density at radius 1 is 1.18 bits per heavy atom. The van der Waals surface area contributed by atoms with Gasteiger partial charge in [0.05, 0.1) is 6.10 Å². The summed E-state index contributed by atoms with van der Waals surface area (Å²) in [5.41, 5.74) is 0.312. The molecule has 0 spiro atoms. The van der Waals surface area contributed by atoms with E-state index in [2.05, 4.69) is 20.7 Å². The van der Waals surface area contributed by atoms with Crippen LogP contribution < -0.4 is 4.74 Å². The number of hydrogen-bond donors (Lipinski definition) is 2. The van der Waals surface area contributed by atoms with Gasteiger partial charge in [0.1, 0.15) is 11.9 Å². The maximum atomic E-state index is 11.9. The van der Waals surface area contributed by atoms with Gasteiger partial charge in [-0.25, -0.2) is 0 Å². The molecule has 0 saturated heterocycles. The Labute approximate surface area is 104 Å². The van der Waals surface area contributed by atoms with E-state index < -0.39 is 18.6 Å². The summed E-state index contributed by atoms with van der Waals surface area (Å²) in [4.78, 5) is 0. The van der Waals surface area contributed by atoms with Crippen molar-refractivity contribution in [1.29, 1.82) is 0 Å². The zero-order chi connectivity index (χ0) is 13.1. The molecule has 96 valence electrons. The van der Waals surface area contributed by atoms with Crippen molar-refractivity contribution in [2.45, 2.75) is 18.6 Å². The monoisotopic (exact) mass is 314 g/mol. The molecule has 0 amide bonds. The first-order chi connectivity index (χ1) is 7.83. The minimum Gasteiger partial charge on any atom is -0.406 e. The number of rotatable bonds is 4. The van der Waals surface area contributed by atoms with Crippen LogP contribution >= 0.6 is 15.9 Å². The van der Waals surface area contributed by atoms with Gasteiger partial charge in [-0.2, -0.15) is 0 Å². The van der Waals surface area contributed by atoms with Crippen LogP contribution in [0.4, 0.5) is 13.2 Å². The average Bonchev–Trinajstić information content (AvgIpc) is 2.26. The van der Waals surface area contributed by atoms with Crippen LogP contribution in [-0.4, -0.2) is 28.0 Å². The van der Waals surface area contributed by atoms with Crippen LogP contribution in [0.25, 0.3) is 0 Å². The van der Waals surface area contributed by atoms with Gasteiger partial charge in [-0.15, -0.1) is 13.2 Å². The van der Waals surface area contributed by atoms with Crippen LogP contribution in [0.2, 0.25) is 0 Å². The normalized spacial score (nSPS) is 15.4. The summed E-state index contributed by atoms with van der Waals surface area (Å²) in [5.74, 6) is -0.373. The van der Waals surface area contributed by atoms with Crippen molar-refractivity contribution in [2.24, 2.45) is 0 Å². The molecule has 0 bridgehead atoms.